The summed E-state index contributed by atoms with van der Waals surface area (Å²) >= 11 is 0. The maximum absolute atomic E-state index is 13.8. The summed E-state index contributed by atoms with van der Waals surface area (Å²) in [6, 6.07) is 4.23. The molecule has 1 fully saturated rings. The normalized spacial score (nSPS) is 14.9. The van der Waals surface area contributed by atoms with Crippen LogP contribution in [0.3, 0.4) is 0 Å². The molecule has 0 unspecified atom stereocenters. The molecule has 0 atom stereocenters. The Bertz CT molecular complexity index is 932. The summed E-state index contributed by atoms with van der Waals surface area (Å²) in [4.78, 5) is 27.9. The molecule has 0 aliphatic carbocycles. The highest BCUT2D eigenvalue weighted by Gasteiger charge is 2.43. The van der Waals surface area contributed by atoms with Gasteiger partial charge in [0, 0.05) is 32.6 Å². The van der Waals surface area contributed by atoms with Crippen molar-refractivity contribution in [2.75, 3.05) is 26.2 Å². The number of benzene rings is 1. The molecule has 2 heterocycles. The molecule has 31 heavy (non-hydrogen) atoms. The van der Waals surface area contributed by atoms with Gasteiger partial charge in [-0.15, -0.1) is 5.10 Å². The molecule has 0 saturated carbocycles. The first-order valence-corrected chi connectivity index (χ1v) is 9.93. The molecule has 0 N–H and O–H groups in total. The fraction of sp³-hybridized carbons (Fsp3) is 0.500. The molecule has 1 aliphatic rings. The Kier molecular flexibility index (Phi) is 6.61. The molecule has 1 saturated heterocycles. The second-order valence-corrected chi connectivity index (χ2v) is 7.78. The predicted molar refractivity (Wildman–Crippen MR) is 103 cm³/mol. The van der Waals surface area contributed by atoms with Gasteiger partial charge < -0.3 is 9.80 Å². The maximum Gasteiger partial charge on any atom is 0.435 e. The minimum absolute atomic E-state index is 0.0287. The van der Waals surface area contributed by atoms with Crippen molar-refractivity contribution >= 4 is 11.8 Å². The lowest BCUT2D eigenvalue weighted by Crippen LogP contribution is -2.51. The quantitative estimate of drug-likeness (QED) is 0.669. The molecule has 1 aliphatic heterocycles. The molecule has 0 bridgehead atoms. The van der Waals surface area contributed by atoms with E-state index >= 15 is 0 Å². The van der Waals surface area contributed by atoms with E-state index in [1.165, 1.54) is 4.90 Å². The number of hydrogen-bond acceptors (Lipinski definition) is 4. The van der Waals surface area contributed by atoms with Crippen molar-refractivity contribution in [3.05, 3.63) is 41.5 Å². The lowest BCUT2D eigenvalue weighted by molar-refractivity contribution is -0.143. The Hall–Kier alpha value is -2.98. The van der Waals surface area contributed by atoms with Gasteiger partial charge in [0.1, 0.15) is 5.82 Å². The van der Waals surface area contributed by atoms with Crippen molar-refractivity contribution in [2.45, 2.75) is 32.9 Å². The number of carbonyl (C=O) groups excluding carboxylic acids is 2. The summed E-state index contributed by atoms with van der Waals surface area (Å²) in [5.41, 5.74) is -2.21. The van der Waals surface area contributed by atoms with Crippen LogP contribution in [0.1, 0.15) is 42.9 Å². The topological polar surface area (TPSA) is 71.3 Å². The third-order valence-electron chi connectivity index (χ3n) is 5.07. The van der Waals surface area contributed by atoms with Gasteiger partial charge in [0.25, 0.3) is 5.91 Å². The first-order chi connectivity index (χ1) is 14.6. The van der Waals surface area contributed by atoms with Gasteiger partial charge in [-0.1, -0.05) is 19.1 Å². The highest BCUT2D eigenvalue weighted by Crippen LogP contribution is 2.33. The Balaban J connectivity index is 1.77. The number of carbonyl (C=O) groups is 2. The van der Waals surface area contributed by atoms with Crippen molar-refractivity contribution in [1.29, 1.82) is 0 Å². The maximum atomic E-state index is 13.8. The van der Waals surface area contributed by atoms with Gasteiger partial charge in [0.2, 0.25) is 5.91 Å². The van der Waals surface area contributed by atoms with Gasteiger partial charge in [-0.05, 0) is 36.6 Å². The molecule has 11 heteroatoms. The minimum Gasteiger partial charge on any atom is -0.339 e. The van der Waals surface area contributed by atoms with Gasteiger partial charge >= 0.3 is 6.18 Å². The fourth-order valence-corrected chi connectivity index (χ4v) is 3.32. The van der Waals surface area contributed by atoms with E-state index in [-0.39, 0.29) is 37.8 Å². The van der Waals surface area contributed by atoms with E-state index in [1.54, 1.807) is 4.90 Å². The Morgan fingerprint density at radius 3 is 2.16 bits per heavy atom. The van der Waals surface area contributed by atoms with Crippen LogP contribution in [0.15, 0.2) is 24.3 Å². The zero-order valence-electron chi connectivity index (χ0n) is 17.2. The van der Waals surface area contributed by atoms with Crippen LogP contribution in [-0.4, -0.2) is 62.8 Å². The molecule has 2 aromatic rings. The van der Waals surface area contributed by atoms with E-state index in [0.717, 1.165) is 30.7 Å². The number of rotatable bonds is 5. The van der Waals surface area contributed by atoms with Crippen LogP contribution in [0.5, 0.6) is 0 Å². The van der Waals surface area contributed by atoms with Gasteiger partial charge in [0.15, 0.2) is 11.4 Å². The van der Waals surface area contributed by atoms with Crippen molar-refractivity contribution in [3.8, 4) is 5.69 Å². The Labute approximate surface area is 176 Å². The number of piperazine rings is 1. The SMILES string of the molecule is CC(C)CCC(=O)N1CCN(C(=O)c2nnn(-c3ccc(F)cc3)c2C(F)(F)F)CC1. The molecule has 168 valence electrons. The van der Waals surface area contributed by atoms with Crippen molar-refractivity contribution in [3.63, 3.8) is 0 Å². The zero-order valence-corrected chi connectivity index (χ0v) is 17.2. The van der Waals surface area contributed by atoms with E-state index < -0.39 is 29.3 Å². The van der Waals surface area contributed by atoms with E-state index in [0.29, 0.717) is 17.0 Å². The van der Waals surface area contributed by atoms with Gasteiger partial charge in [-0.3, -0.25) is 9.59 Å². The summed E-state index contributed by atoms with van der Waals surface area (Å²) in [5, 5.41) is 6.98. The lowest BCUT2D eigenvalue weighted by atomic mass is 10.1. The largest absolute Gasteiger partial charge is 0.435 e. The summed E-state index contributed by atoms with van der Waals surface area (Å²) in [6.45, 7) is 4.73. The summed E-state index contributed by atoms with van der Waals surface area (Å²) in [6.07, 6.45) is -3.76. The summed E-state index contributed by atoms with van der Waals surface area (Å²) in [5.74, 6) is -1.17. The van der Waals surface area contributed by atoms with Crippen molar-refractivity contribution in [1.82, 2.24) is 24.8 Å². The molecular formula is C20H23F4N5O2. The minimum atomic E-state index is -4.91. The zero-order chi connectivity index (χ0) is 22.8. The van der Waals surface area contributed by atoms with Crippen LogP contribution in [0, 0.1) is 11.7 Å². The second-order valence-electron chi connectivity index (χ2n) is 7.78. The monoisotopic (exact) mass is 441 g/mol. The smallest absolute Gasteiger partial charge is 0.339 e. The van der Waals surface area contributed by atoms with E-state index in [9.17, 15) is 27.2 Å². The average molecular weight is 441 g/mol. The van der Waals surface area contributed by atoms with Crippen LogP contribution in [0.25, 0.3) is 5.69 Å². The van der Waals surface area contributed by atoms with Crippen LogP contribution in [0.4, 0.5) is 17.6 Å². The lowest BCUT2D eigenvalue weighted by Gasteiger charge is -2.34. The van der Waals surface area contributed by atoms with Crippen LogP contribution in [-0.2, 0) is 11.0 Å². The number of halogens is 4. The van der Waals surface area contributed by atoms with E-state index in [4.69, 9.17) is 0 Å². The van der Waals surface area contributed by atoms with Crippen LogP contribution < -0.4 is 0 Å². The van der Waals surface area contributed by atoms with Crippen LogP contribution >= 0.6 is 0 Å². The van der Waals surface area contributed by atoms with E-state index in [2.05, 4.69) is 10.3 Å². The first kappa shape index (κ1) is 22.7. The molecule has 3 rings (SSSR count). The van der Waals surface area contributed by atoms with Crippen molar-refractivity contribution < 1.29 is 27.2 Å². The highest BCUT2D eigenvalue weighted by molar-refractivity contribution is 5.94. The fourth-order valence-electron chi connectivity index (χ4n) is 3.32. The molecular weight excluding hydrogens is 418 g/mol. The number of nitrogens with zero attached hydrogens (tertiary/aromatic N) is 5. The molecule has 7 nitrogen and oxygen atoms in total. The standard InChI is InChI=1S/C20H23F4N5O2/c1-13(2)3-8-16(30)27-9-11-28(12-10-27)19(31)17-18(20(22,23)24)29(26-25-17)15-6-4-14(21)5-7-15/h4-7,13H,3,8-12H2,1-2H3. The number of hydrogen-bond donors (Lipinski definition) is 0. The van der Waals surface area contributed by atoms with Gasteiger partial charge in [-0.2, -0.15) is 13.2 Å². The number of amides is 2. The first-order valence-electron chi connectivity index (χ1n) is 9.93. The Morgan fingerprint density at radius 1 is 1.03 bits per heavy atom. The third-order valence-corrected chi connectivity index (χ3v) is 5.07. The summed E-state index contributed by atoms with van der Waals surface area (Å²) in [7, 11) is 0. The molecule has 1 aromatic heterocycles. The highest BCUT2D eigenvalue weighted by atomic mass is 19.4. The Morgan fingerprint density at radius 2 is 1.61 bits per heavy atom. The van der Waals surface area contributed by atoms with Crippen molar-refractivity contribution in [2.24, 2.45) is 5.92 Å². The molecule has 2 amide bonds. The molecule has 0 spiro atoms. The second kappa shape index (κ2) is 9.03. The molecule has 0 radical (unpaired) electrons. The van der Waals surface area contributed by atoms with Crippen LogP contribution in [0.2, 0.25) is 0 Å². The summed E-state index contributed by atoms with van der Waals surface area (Å²) < 4.78 is 54.9. The van der Waals surface area contributed by atoms with E-state index in [1.807, 2.05) is 13.8 Å². The molecule has 1 aromatic carbocycles. The predicted octanol–water partition coefficient (Wildman–Crippen LogP) is 3.15. The number of aromatic nitrogens is 3. The number of alkyl halides is 3. The average Bonchev–Trinajstić information content (AvgIpc) is 3.18. The van der Waals surface area contributed by atoms with Gasteiger partial charge in [-0.25, -0.2) is 9.07 Å². The van der Waals surface area contributed by atoms with Gasteiger partial charge in [0.05, 0.1) is 5.69 Å². The third kappa shape index (κ3) is 5.20.